The standard InChI is InChI=1S/C62H40N2O/c1-2-17-49(18-3-1)64-58-23-10-8-19-52(58)56-39-57(55-22-12-21-54-53-20-9-11-24-61(53)65-62(54)55)59(40-60(56)64)63(50-33-29-43(30-34-50)47-27-25-41-13-4-6-15-45(41)37-47)51-35-31-44(32-36-51)48-28-26-42-14-5-7-16-46(42)38-48/h1-40H. The van der Waals surface area contributed by atoms with Gasteiger partial charge in [-0.2, -0.15) is 0 Å². The summed E-state index contributed by atoms with van der Waals surface area (Å²) >= 11 is 0. The van der Waals surface area contributed by atoms with Gasteiger partial charge in [-0.05, 0) is 117 Å². The fourth-order valence-electron chi connectivity index (χ4n) is 9.99. The van der Waals surface area contributed by atoms with Crippen LogP contribution in [0.5, 0.6) is 0 Å². The molecule has 0 saturated heterocycles. The molecule has 0 bridgehead atoms. The lowest BCUT2D eigenvalue weighted by atomic mass is 9.96. The number of hydrogen-bond acceptors (Lipinski definition) is 2. The van der Waals surface area contributed by atoms with Crippen LogP contribution in [-0.2, 0) is 0 Å². The van der Waals surface area contributed by atoms with Gasteiger partial charge in [-0.15, -0.1) is 0 Å². The molecule has 0 amide bonds. The summed E-state index contributed by atoms with van der Waals surface area (Å²) in [6.45, 7) is 0. The Bertz CT molecular complexity index is 3810. The Balaban J connectivity index is 1.07. The summed E-state index contributed by atoms with van der Waals surface area (Å²) in [7, 11) is 0. The molecule has 0 atom stereocenters. The van der Waals surface area contributed by atoms with E-state index in [0.29, 0.717) is 0 Å². The highest BCUT2D eigenvalue weighted by Gasteiger charge is 2.24. The number of hydrogen-bond donors (Lipinski definition) is 0. The number of furan rings is 1. The van der Waals surface area contributed by atoms with Crippen molar-refractivity contribution in [2.45, 2.75) is 0 Å². The van der Waals surface area contributed by atoms with Crippen molar-refractivity contribution in [3.8, 4) is 39.1 Å². The van der Waals surface area contributed by atoms with Gasteiger partial charge >= 0.3 is 0 Å². The van der Waals surface area contributed by atoms with Crippen LogP contribution in [0, 0.1) is 0 Å². The molecular formula is C62H40N2O. The van der Waals surface area contributed by atoms with E-state index in [-0.39, 0.29) is 0 Å². The molecule has 2 heterocycles. The highest BCUT2D eigenvalue weighted by Crippen LogP contribution is 2.48. The van der Waals surface area contributed by atoms with Crippen LogP contribution in [-0.4, -0.2) is 4.57 Å². The molecule has 13 rings (SSSR count). The van der Waals surface area contributed by atoms with E-state index in [2.05, 4.69) is 246 Å². The van der Waals surface area contributed by atoms with Crippen LogP contribution in [0.2, 0.25) is 0 Å². The number of para-hydroxylation sites is 4. The average Bonchev–Trinajstić information content (AvgIpc) is 3.92. The molecule has 0 aliphatic rings. The first-order valence-electron chi connectivity index (χ1n) is 22.2. The van der Waals surface area contributed by atoms with Gasteiger partial charge in [0.2, 0.25) is 0 Å². The molecule has 13 aromatic rings. The zero-order valence-corrected chi connectivity index (χ0v) is 35.4. The second-order valence-electron chi connectivity index (χ2n) is 16.9. The van der Waals surface area contributed by atoms with Gasteiger partial charge in [-0.3, -0.25) is 0 Å². The van der Waals surface area contributed by atoms with Crippen LogP contribution in [0.3, 0.4) is 0 Å². The summed E-state index contributed by atoms with van der Waals surface area (Å²) < 4.78 is 9.23. The fourth-order valence-corrected chi connectivity index (χ4v) is 9.99. The molecule has 0 unspecified atom stereocenters. The monoisotopic (exact) mass is 828 g/mol. The van der Waals surface area contributed by atoms with Gasteiger partial charge in [0.1, 0.15) is 11.2 Å². The van der Waals surface area contributed by atoms with Crippen LogP contribution in [0.15, 0.2) is 247 Å². The zero-order chi connectivity index (χ0) is 42.8. The topological polar surface area (TPSA) is 21.3 Å². The highest BCUT2D eigenvalue weighted by molar-refractivity contribution is 6.16. The highest BCUT2D eigenvalue weighted by atomic mass is 16.3. The SMILES string of the molecule is c1ccc(-n2c3ccccc3c3cc(-c4cccc5c4oc4ccccc45)c(N(c4ccc(-c5ccc6ccccc6c5)cc4)c4ccc(-c5ccc6ccccc6c5)cc4)cc32)cc1. The first-order valence-corrected chi connectivity index (χ1v) is 22.2. The van der Waals surface area contributed by atoms with Crippen LogP contribution in [0.4, 0.5) is 17.1 Å². The third-order valence-corrected chi connectivity index (χ3v) is 13.2. The maximum Gasteiger partial charge on any atom is 0.143 e. The smallest absolute Gasteiger partial charge is 0.143 e. The van der Waals surface area contributed by atoms with E-state index in [9.17, 15) is 0 Å². The molecule has 304 valence electrons. The maximum absolute atomic E-state index is 6.82. The van der Waals surface area contributed by atoms with Gasteiger partial charge in [0.15, 0.2) is 0 Å². The number of aromatic nitrogens is 1. The first-order chi connectivity index (χ1) is 32.2. The maximum atomic E-state index is 6.82. The van der Waals surface area contributed by atoms with Gasteiger partial charge < -0.3 is 13.9 Å². The third kappa shape index (κ3) is 6.20. The summed E-state index contributed by atoms with van der Waals surface area (Å²) in [6, 6.07) is 87.9. The second kappa shape index (κ2) is 15.0. The van der Waals surface area contributed by atoms with Gasteiger partial charge in [-0.1, -0.05) is 170 Å². The second-order valence-corrected chi connectivity index (χ2v) is 16.9. The molecule has 0 fully saturated rings. The lowest BCUT2D eigenvalue weighted by Crippen LogP contribution is -2.11. The van der Waals surface area contributed by atoms with Gasteiger partial charge in [0.05, 0.1) is 16.7 Å². The summed E-state index contributed by atoms with van der Waals surface area (Å²) in [5, 5.41) is 9.52. The van der Waals surface area contributed by atoms with Crippen molar-refractivity contribution in [1.82, 2.24) is 4.57 Å². The van der Waals surface area contributed by atoms with Crippen molar-refractivity contribution in [3.05, 3.63) is 243 Å². The number of benzene rings is 11. The molecule has 0 saturated carbocycles. The number of nitrogens with zero attached hydrogens (tertiary/aromatic N) is 2. The Hall–Kier alpha value is -8.66. The normalized spacial score (nSPS) is 11.7. The van der Waals surface area contributed by atoms with Crippen LogP contribution in [0.1, 0.15) is 0 Å². The van der Waals surface area contributed by atoms with Gasteiger partial charge in [0, 0.05) is 49.7 Å². The van der Waals surface area contributed by atoms with E-state index in [1.807, 2.05) is 6.07 Å². The predicted molar refractivity (Wildman–Crippen MR) is 274 cm³/mol. The van der Waals surface area contributed by atoms with Crippen molar-refractivity contribution < 1.29 is 4.42 Å². The summed E-state index contributed by atoms with van der Waals surface area (Å²) in [5.74, 6) is 0. The molecule has 2 aromatic heterocycles. The minimum atomic E-state index is 0.874. The number of fused-ring (bicyclic) bond motifs is 8. The molecule has 3 heteroatoms. The van der Waals surface area contributed by atoms with E-state index in [0.717, 1.165) is 78.0 Å². The van der Waals surface area contributed by atoms with E-state index >= 15 is 0 Å². The van der Waals surface area contributed by atoms with Gasteiger partial charge in [0.25, 0.3) is 0 Å². The Labute approximate surface area is 376 Å². The molecule has 11 aromatic carbocycles. The predicted octanol–water partition coefficient (Wildman–Crippen LogP) is 17.5. The quantitative estimate of drug-likeness (QED) is 0.160. The first kappa shape index (κ1) is 36.9. The van der Waals surface area contributed by atoms with Crippen molar-refractivity contribution >= 4 is 82.4 Å². The Morgan fingerprint density at radius 3 is 1.52 bits per heavy atom. The van der Waals surface area contributed by atoms with Crippen LogP contribution < -0.4 is 4.90 Å². The summed E-state index contributed by atoms with van der Waals surface area (Å²) in [4.78, 5) is 2.43. The molecule has 0 aliphatic carbocycles. The molecule has 0 spiro atoms. The summed E-state index contributed by atoms with van der Waals surface area (Å²) in [5.41, 5.74) is 15.1. The third-order valence-electron chi connectivity index (χ3n) is 13.2. The van der Waals surface area contributed by atoms with Crippen molar-refractivity contribution in [3.63, 3.8) is 0 Å². The van der Waals surface area contributed by atoms with Crippen LogP contribution >= 0.6 is 0 Å². The lowest BCUT2D eigenvalue weighted by Gasteiger charge is -2.29. The lowest BCUT2D eigenvalue weighted by molar-refractivity contribution is 0.670. The Morgan fingerprint density at radius 1 is 0.323 bits per heavy atom. The van der Waals surface area contributed by atoms with E-state index in [1.54, 1.807) is 0 Å². The minimum Gasteiger partial charge on any atom is -0.455 e. The average molecular weight is 829 g/mol. The zero-order valence-electron chi connectivity index (χ0n) is 35.4. The van der Waals surface area contributed by atoms with Crippen molar-refractivity contribution in [1.29, 1.82) is 0 Å². The van der Waals surface area contributed by atoms with Crippen molar-refractivity contribution in [2.24, 2.45) is 0 Å². The largest absolute Gasteiger partial charge is 0.455 e. The Kier molecular flexibility index (Phi) is 8.53. The summed E-state index contributed by atoms with van der Waals surface area (Å²) in [6.07, 6.45) is 0. The van der Waals surface area contributed by atoms with E-state index < -0.39 is 0 Å². The molecule has 3 nitrogen and oxygen atoms in total. The minimum absolute atomic E-state index is 0.874. The van der Waals surface area contributed by atoms with E-state index in [1.165, 1.54) is 43.4 Å². The number of rotatable bonds is 7. The molecular weight excluding hydrogens is 789 g/mol. The molecule has 65 heavy (non-hydrogen) atoms. The number of anilines is 3. The van der Waals surface area contributed by atoms with E-state index in [4.69, 9.17) is 4.42 Å². The molecule has 0 aliphatic heterocycles. The molecule has 0 radical (unpaired) electrons. The van der Waals surface area contributed by atoms with Crippen molar-refractivity contribution in [2.75, 3.05) is 4.90 Å². The Morgan fingerprint density at radius 2 is 0.862 bits per heavy atom. The molecule has 0 N–H and O–H groups in total. The fraction of sp³-hybridized carbons (Fsp3) is 0. The van der Waals surface area contributed by atoms with Gasteiger partial charge in [-0.25, -0.2) is 0 Å². The van der Waals surface area contributed by atoms with Crippen LogP contribution in [0.25, 0.3) is 104 Å².